The van der Waals surface area contributed by atoms with Crippen molar-refractivity contribution in [2.45, 2.75) is 39.5 Å². The lowest BCUT2D eigenvalue weighted by molar-refractivity contribution is 0.318. The summed E-state index contributed by atoms with van der Waals surface area (Å²) in [6.45, 7) is 6.83. The topological polar surface area (TPSA) is 55.4 Å². The van der Waals surface area contributed by atoms with Gasteiger partial charge in [-0.3, -0.25) is 0 Å². The molecule has 0 unspecified atom stereocenters. The summed E-state index contributed by atoms with van der Waals surface area (Å²) in [5.41, 5.74) is 1.14. The molecule has 0 bridgehead atoms. The highest BCUT2D eigenvalue weighted by Crippen LogP contribution is 2.25. The predicted octanol–water partition coefficient (Wildman–Crippen LogP) is 2.91. The van der Waals surface area contributed by atoms with Crippen molar-refractivity contribution in [1.29, 1.82) is 0 Å². The highest BCUT2D eigenvalue weighted by molar-refractivity contribution is 7.89. The molecule has 0 aliphatic carbocycles. The maximum atomic E-state index is 11.6. The molecule has 1 aromatic carbocycles. The smallest absolute Gasteiger partial charge is 0.211 e. The second-order valence-electron chi connectivity index (χ2n) is 5.11. The van der Waals surface area contributed by atoms with E-state index >= 15 is 0 Å². The minimum atomic E-state index is -3.15. The zero-order valence-corrected chi connectivity index (χ0v) is 13.4. The Morgan fingerprint density at radius 2 is 1.95 bits per heavy atom. The van der Waals surface area contributed by atoms with Crippen LogP contribution in [0.1, 0.15) is 45.1 Å². The first-order valence-corrected chi connectivity index (χ1v) is 8.80. The van der Waals surface area contributed by atoms with E-state index in [0.717, 1.165) is 17.7 Å². The summed E-state index contributed by atoms with van der Waals surface area (Å²) < 4.78 is 31.4. The van der Waals surface area contributed by atoms with Crippen LogP contribution in [0.2, 0.25) is 0 Å². The highest BCUT2D eigenvalue weighted by atomic mass is 32.2. The molecule has 4 nitrogen and oxygen atoms in total. The molecule has 20 heavy (non-hydrogen) atoms. The van der Waals surface area contributed by atoms with E-state index in [1.54, 1.807) is 0 Å². The molecule has 0 atom stereocenters. The van der Waals surface area contributed by atoms with Crippen LogP contribution >= 0.6 is 0 Å². The maximum absolute atomic E-state index is 11.6. The molecule has 0 heterocycles. The highest BCUT2D eigenvalue weighted by Gasteiger charge is 2.09. The molecule has 0 aliphatic heterocycles. The van der Waals surface area contributed by atoms with Gasteiger partial charge in [0, 0.05) is 6.54 Å². The van der Waals surface area contributed by atoms with Crippen molar-refractivity contribution in [2.24, 2.45) is 0 Å². The van der Waals surface area contributed by atoms with E-state index in [1.807, 2.05) is 31.2 Å². The summed E-state index contributed by atoms with van der Waals surface area (Å²) >= 11 is 0. The number of sulfonamides is 1. The second-order valence-corrected chi connectivity index (χ2v) is 7.03. The van der Waals surface area contributed by atoms with Crippen LogP contribution in [0.25, 0.3) is 0 Å². The van der Waals surface area contributed by atoms with Crippen molar-refractivity contribution in [3.63, 3.8) is 0 Å². The van der Waals surface area contributed by atoms with E-state index in [2.05, 4.69) is 18.6 Å². The Labute approximate surface area is 122 Å². The normalized spacial score (nSPS) is 11.8. The third kappa shape index (κ3) is 5.92. The monoisotopic (exact) mass is 299 g/mol. The first-order valence-electron chi connectivity index (χ1n) is 7.15. The number of para-hydroxylation sites is 1. The van der Waals surface area contributed by atoms with Crippen LogP contribution in [0.3, 0.4) is 0 Å². The summed E-state index contributed by atoms with van der Waals surface area (Å²) in [4.78, 5) is 0. The molecule has 0 radical (unpaired) electrons. The Balaban J connectivity index is 2.42. The Morgan fingerprint density at radius 3 is 2.60 bits per heavy atom. The Kier molecular flexibility index (Phi) is 7.02. The zero-order valence-electron chi connectivity index (χ0n) is 12.6. The minimum absolute atomic E-state index is 0.187. The van der Waals surface area contributed by atoms with E-state index in [1.165, 1.54) is 0 Å². The minimum Gasteiger partial charge on any atom is -0.492 e. The van der Waals surface area contributed by atoms with Crippen molar-refractivity contribution in [3.8, 4) is 5.75 Å². The SMILES string of the molecule is CCCCS(=O)(=O)NCCOc1ccccc1C(C)C. The Hall–Kier alpha value is -1.07. The van der Waals surface area contributed by atoms with Gasteiger partial charge in [-0.2, -0.15) is 0 Å². The lowest BCUT2D eigenvalue weighted by atomic mass is 10.0. The molecule has 5 heteroatoms. The molecule has 0 aromatic heterocycles. The largest absolute Gasteiger partial charge is 0.492 e. The first-order chi connectivity index (χ1) is 9.46. The second kappa shape index (κ2) is 8.27. The molecule has 0 saturated heterocycles. The van der Waals surface area contributed by atoms with E-state index < -0.39 is 10.0 Å². The van der Waals surface area contributed by atoms with E-state index in [4.69, 9.17) is 4.74 Å². The fourth-order valence-corrected chi connectivity index (χ4v) is 3.06. The molecule has 0 saturated carbocycles. The molecule has 1 aromatic rings. The molecule has 0 spiro atoms. The number of rotatable bonds is 9. The van der Waals surface area contributed by atoms with E-state index in [-0.39, 0.29) is 5.75 Å². The number of ether oxygens (including phenoxy) is 1. The van der Waals surface area contributed by atoms with Crippen molar-refractivity contribution >= 4 is 10.0 Å². The summed E-state index contributed by atoms with van der Waals surface area (Å²) in [6, 6.07) is 7.86. The van der Waals surface area contributed by atoms with Crippen LogP contribution in [-0.2, 0) is 10.0 Å². The van der Waals surface area contributed by atoms with Gasteiger partial charge in [0.05, 0.1) is 5.75 Å². The lowest BCUT2D eigenvalue weighted by Gasteiger charge is -2.14. The average Bonchev–Trinajstić information content (AvgIpc) is 2.42. The standard InChI is InChI=1S/C15H25NO3S/c1-4-5-12-20(17,18)16-10-11-19-15-9-7-6-8-14(15)13(2)3/h6-9,13,16H,4-5,10-12H2,1-3H3. The average molecular weight is 299 g/mol. The van der Waals surface area contributed by atoms with Gasteiger partial charge in [0.15, 0.2) is 0 Å². The van der Waals surface area contributed by atoms with Crippen molar-refractivity contribution < 1.29 is 13.2 Å². The lowest BCUT2D eigenvalue weighted by Crippen LogP contribution is -2.30. The van der Waals surface area contributed by atoms with E-state index in [9.17, 15) is 8.42 Å². The molecule has 1 N–H and O–H groups in total. The number of benzene rings is 1. The van der Waals surface area contributed by atoms with Crippen LogP contribution in [0, 0.1) is 0 Å². The number of hydrogen-bond acceptors (Lipinski definition) is 3. The predicted molar refractivity (Wildman–Crippen MR) is 82.7 cm³/mol. The van der Waals surface area contributed by atoms with Gasteiger partial charge < -0.3 is 4.74 Å². The molecule has 0 aliphatic rings. The van der Waals surface area contributed by atoms with Gasteiger partial charge in [0.25, 0.3) is 0 Å². The Bertz CT molecular complexity index is 498. The van der Waals surface area contributed by atoms with Crippen molar-refractivity contribution in [1.82, 2.24) is 4.72 Å². The van der Waals surface area contributed by atoms with E-state index in [0.29, 0.717) is 25.5 Å². The van der Waals surface area contributed by atoms with Crippen molar-refractivity contribution in [3.05, 3.63) is 29.8 Å². The van der Waals surface area contributed by atoms with Crippen LogP contribution in [-0.4, -0.2) is 27.3 Å². The quantitative estimate of drug-likeness (QED) is 0.713. The molecular formula is C15H25NO3S. The van der Waals surface area contributed by atoms with Gasteiger partial charge in [0.2, 0.25) is 10.0 Å². The van der Waals surface area contributed by atoms with Crippen LogP contribution in [0.15, 0.2) is 24.3 Å². The number of hydrogen-bond donors (Lipinski definition) is 1. The first kappa shape index (κ1) is 17.0. The van der Waals surface area contributed by atoms with Crippen molar-refractivity contribution in [2.75, 3.05) is 18.9 Å². The molecule has 0 amide bonds. The third-order valence-electron chi connectivity index (χ3n) is 2.99. The molecule has 114 valence electrons. The van der Waals surface area contributed by atoms with Gasteiger partial charge in [0.1, 0.15) is 12.4 Å². The number of unbranched alkanes of at least 4 members (excludes halogenated alkanes) is 1. The molecular weight excluding hydrogens is 274 g/mol. The molecule has 0 fully saturated rings. The number of nitrogens with one attached hydrogen (secondary N) is 1. The zero-order chi connectivity index (χ0) is 15.0. The Morgan fingerprint density at radius 1 is 1.25 bits per heavy atom. The van der Waals surface area contributed by atoms with Crippen LogP contribution in [0.5, 0.6) is 5.75 Å². The summed E-state index contributed by atoms with van der Waals surface area (Å²) in [6.07, 6.45) is 1.56. The summed E-state index contributed by atoms with van der Waals surface area (Å²) in [5.74, 6) is 1.40. The van der Waals surface area contributed by atoms with Crippen LogP contribution in [0.4, 0.5) is 0 Å². The van der Waals surface area contributed by atoms with Gasteiger partial charge >= 0.3 is 0 Å². The van der Waals surface area contributed by atoms with Crippen LogP contribution < -0.4 is 9.46 Å². The van der Waals surface area contributed by atoms with Gasteiger partial charge in [-0.1, -0.05) is 45.4 Å². The van der Waals surface area contributed by atoms with Gasteiger partial charge in [-0.05, 0) is 24.0 Å². The van der Waals surface area contributed by atoms with Gasteiger partial charge in [-0.15, -0.1) is 0 Å². The summed E-state index contributed by atoms with van der Waals surface area (Å²) in [5, 5.41) is 0. The maximum Gasteiger partial charge on any atom is 0.211 e. The third-order valence-corrected chi connectivity index (χ3v) is 4.46. The summed E-state index contributed by atoms with van der Waals surface area (Å²) in [7, 11) is -3.15. The molecule has 1 rings (SSSR count). The fraction of sp³-hybridized carbons (Fsp3) is 0.600. The van der Waals surface area contributed by atoms with Gasteiger partial charge in [-0.25, -0.2) is 13.1 Å². The fourth-order valence-electron chi connectivity index (χ4n) is 1.85.